The average Bonchev–Trinajstić information content (AvgIpc) is 2.59. The summed E-state index contributed by atoms with van der Waals surface area (Å²) in [4.78, 5) is 13.0. The third-order valence-electron chi connectivity index (χ3n) is 4.60. The molecule has 4 nitrogen and oxygen atoms in total. The van der Waals surface area contributed by atoms with Crippen LogP contribution in [-0.4, -0.2) is 24.7 Å². The Morgan fingerprint density at radius 1 is 1.32 bits per heavy atom. The van der Waals surface area contributed by atoms with Crippen LogP contribution in [0.4, 0.5) is 5.69 Å². The fourth-order valence-electron chi connectivity index (χ4n) is 3.36. The normalized spacial score (nSPS) is 23.3. The van der Waals surface area contributed by atoms with Crippen molar-refractivity contribution in [2.24, 2.45) is 5.92 Å². The Kier molecular flexibility index (Phi) is 7.57. The highest BCUT2D eigenvalue weighted by atomic mass is 35.5. The first-order valence-corrected chi connectivity index (χ1v) is 9.76. The number of amides is 1. The molecule has 25 heavy (non-hydrogen) atoms. The highest BCUT2D eigenvalue weighted by Gasteiger charge is 2.42. The van der Waals surface area contributed by atoms with E-state index >= 15 is 0 Å². The topological polar surface area (TPSA) is 47.6 Å². The quantitative estimate of drug-likeness (QED) is 0.665. The third kappa shape index (κ3) is 5.35. The zero-order valence-electron chi connectivity index (χ0n) is 15.6. The molecule has 1 saturated carbocycles. The first kappa shape index (κ1) is 20.1. The molecule has 1 aliphatic rings. The van der Waals surface area contributed by atoms with Gasteiger partial charge >= 0.3 is 0 Å². The van der Waals surface area contributed by atoms with Gasteiger partial charge in [0.15, 0.2) is 0 Å². The van der Waals surface area contributed by atoms with E-state index in [1.807, 2.05) is 13.0 Å². The van der Waals surface area contributed by atoms with Crippen LogP contribution in [0, 0.1) is 5.92 Å². The van der Waals surface area contributed by atoms with Crippen LogP contribution in [0.2, 0.25) is 5.02 Å². The summed E-state index contributed by atoms with van der Waals surface area (Å²) in [6.45, 7) is 7.52. The monoisotopic (exact) mass is 367 g/mol. The van der Waals surface area contributed by atoms with Gasteiger partial charge < -0.3 is 14.8 Å². The largest absolute Gasteiger partial charge is 0.492 e. The lowest BCUT2D eigenvalue weighted by molar-refractivity contribution is -0.148. The van der Waals surface area contributed by atoms with Gasteiger partial charge in [-0.25, -0.2) is 0 Å². The van der Waals surface area contributed by atoms with Crippen LogP contribution in [0.15, 0.2) is 18.2 Å². The van der Waals surface area contributed by atoms with Crippen LogP contribution in [0.25, 0.3) is 0 Å². The molecule has 2 rings (SSSR count). The number of hydrogen-bond acceptors (Lipinski definition) is 3. The SMILES string of the molecule is CCCOc1ccc(NC(=O)[C@]2(OCCC)CCC[C@@H](C)C2)cc1Cl. The maximum absolute atomic E-state index is 13.0. The molecule has 1 aromatic carbocycles. The molecule has 0 aliphatic heterocycles. The summed E-state index contributed by atoms with van der Waals surface area (Å²) >= 11 is 6.27. The van der Waals surface area contributed by atoms with Crippen molar-refractivity contribution in [2.75, 3.05) is 18.5 Å². The van der Waals surface area contributed by atoms with Gasteiger partial charge in [0.25, 0.3) is 5.91 Å². The van der Waals surface area contributed by atoms with Gasteiger partial charge in [-0.3, -0.25) is 4.79 Å². The van der Waals surface area contributed by atoms with Gasteiger partial charge in [-0.2, -0.15) is 0 Å². The molecular formula is C20H30ClNO3. The van der Waals surface area contributed by atoms with Gasteiger partial charge in [0, 0.05) is 12.3 Å². The van der Waals surface area contributed by atoms with Crippen molar-refractivity contribution < 1.29 is 14.3 Å². The molecule has 1 aromatic rings. The summed E-state index contributed by atoms with van der Waals surface area (Å²) in [6, 6.07) is 5.37. The van der Waals surface area contributed by atoms with Gasteiger partial charge in [0.2, 0.25) is 0 Å². The first-order valence-electron chi connectivity index (χ1n) is 9.38. The van der Waals surface area contributed by atoms with Crippen molar-refractivity contribution in [2.45, 2.75) is 64.9 Å². The average molecular weight is 368 g/mol. The van der Waals surface area contributed by atoms with E-state index in [4.69, 9.17) is 21.1 Å². The van der Waals surface area contributed by atoms with Crippen molar-refractivity contribution in [3.05, 3.63) is 23.2 Å². The summed E-state index contributed by atoms with van der Waals surface area (Å²) < 4.78 is 11.6. The van der Waals surface area contributed by atoms with Crippen LogP contribution < -0.4 is 10.1 Å². The minimum Gasteiger partial charge on any atom is -0.492 e. The predicted octanol–water partition coefficient (Wildman–Crippen LogP) is 5.44. The zero-order valence-corrected chi connectivity index (χ0v) is 16.3. The number of anilines is 1. The number of halogens is 1. The second-order valence-electron chi connectivity index (χ2n) is 6.99. The van der Waals surface area contributed by atoms with Crippen molar-refractivity contribution >= 4 is 23.2 Å². The Balaban J connectivity index is 2.10. The van der Waals surface area contributed by atoms with Crippen molar-refractivity contribution in [1.29, 1.82) is 0 Å². The second kappa shape index (κ2) is 9.44. The molecule has 1 fully saturated rings. The van der Waals surface area contributed by atoms with E-state index in [1.54, 1.807) is 12.1 Å². The molecular weight excluding hydrogens is 338 g/mol. The van der Waals surface area contributed by atoms with Gasteiger partial charge in [-0.15, -0.1) is 0 Å². The van der Waals surface area contributed by atoms with Crippen LogP contribution in [0.1, 0.15) is 59.3 Å². The molecule has 0 heterocycles. The van der Waals surface area contributed by atoms with E-state index in [2.05, 4.69) is 19.2 Å². The molecule has 1 N–H and O–H groups in total. The van der Waals surface area contributed by atoms with Gasteiger partial charge in [-0.1, -0.05) is 38.8 Å². The minimum atomic E-state index is -0.725. The fourth-order valence-corrected chi connectivity index (χ4v) is 3.59. The molecule has 0 spiro atoms. The molecule has 0 saturated heterocycles. The number of benzene rings is 1. The zero-order chi connectivity index (χ0) is 18.3. The highest BCUT2D eigenvalue weighted by Crippen LogP contribution is 2.37. The maximum atomic E-state index is 13.0. The van der Waals surface area contributed by atoms with Crippen molar-refractivity contribution in [3.8, 4) is 5.75 Å². The third-order valence-corrected chi connectivity index (χ3v) is 4.90. The van der Waals surface area contributed by atoms with E-state index < -0.39 is 5.60 Å². The fraction of sp³-hybridized carbons (Fsp3) is 0.650. The molecule has 0 radical (unpaired) electrons. The first-order chi connectivity index (χ1) is 12.0. The Bertz CT molecular complexity index is 578. The van der Waals surface area contributed by atoms with E-state index in [0.717, 1.165) is 38.5 Å². The second-order valence-corrected chi connectivity index (χ2v) is 7.40. The highest BCUT2D eigenvalue weighted by molar-refractivity contribution is 6.32. The molecule has 1 aliphatic carbocycles. The molecule has 2 atom stereocenters. The maximum Gasteiger partial charge on any atom is 0.256 e. The number of carbonyl (C=O) groups is 1. The van der Waals surface area contributed by atoms with Gasteiger partial charge in [-0.05, 0) is 56.2 Å². The lowest BCUT2D eigenvalue weighted by atomic mass is 9.78. The molecule has 0 aromatic heterocycles. The summed E-state index contributed by atoms with van der Waals surface area (Å²) in [6.07, 6.45) is 5.53. The summed E-state index contributed by atoms with van der Waals surface area (Å²) in [7, 11) is 0. The smallest absolute Gasteiger partial charge is 0.256 e. The standard InChI is InChI=1S/C20H30ClNO3/c1-4-11-24-18-9-8-16(13-17(18)21)22-19(23)20(25-12-5-2)10-6-7-15(3)14-20/h8-9,13,15H,4-7,10-12,14H2,1-3H3,(H,22,23)/t15-,20+/m1/s1. The van der Waals surface area contributed by atoms with Gasteiger partial charge in [0.1, 0.15) is 11.4 Å². The molecule has 0 bridgehead atoms. The Hall–Kier alpha value is -1.26. The van der Waals surface area contributed by atoms with Gasteiger partial charge in [0.05, 0.1) is 11.6 Å². The molecule has 140 valence electrons. The van der Waals surface area contributed by atoms with Crippen molar-refractivity contribution in [3.63, 3.8) is 0 Å². The molecule has 0 unspecified atom stereocenters. The van der Waals surface area contributed by atoms with Crippen molar-refractivity contribution in [1.82, 2.24) is 0 Å². The van der Waals surface area contributed by atoms with E-state index in [1.165, 1.54) is 0 Å². The van der Waals surface area contributed by atoms with E-state index in [0.29, 0.717) is 35.6 Å². The Morgan fingerprint density at radius 2 is 2.08 bits per heavy atom. The Morgan fingerprint density at radius 3 is 2.72 bits per heavy atom. The minimum absolute atomic E-state index is 0.0641. The van der Waals surface area contributed by atoms with E-state index in [-0.39, 0.29) is 5.91 Å². The van der Waals surface area contributed by atoms with E-state index in [9.17, 15) is 4.79 Å². The van der Waals surface area contributed by atoms with Crippen LogP contribution >= 0.6 is 11.6 Å². The summed E-state index contributed by atoms with van der Waals surface area (Å²) in [5, 5.41) is 3.51. The Labute approximate surface area is 156 Å². The lowest BCUT2D eigenvalue weighted by Crippen LogP contribution is -2.48. The number of nitrogens with one attached hydrogen (secondary N) is 1. The number of hydrogen-bond donors (Lipinski definition) is 1. The molecule has 1 amide bonds. The number of rotatable bonds is 8. The number of ether oxygens (including phenoxy) is 2. The summed E-state index contributed by atoms with van der Waals surface area (Å²) in [5.74, 6) is 1.07. The number of carbonyl (C=O) groups excluding carboxylic acids is 1. The predicted molar refractivity (Wildman–Crippen MR) is 102 cm³/mol. The summed E-state index contributed by atoms with van der Waals surface area (Å²) in [5.41, 5.74) is -0.0473. The van der Waals surface area contributed by atoms with Crippen LogP contribution in [0.3, 0.4) is 0 Å². The van der Waals surface area contributed by atoms with Crippen LogP contribution in [0.5, 0.6) is 5.75 Å². The lowest BCUT2D eigenvalue weighted by Gasteiger charge is -2.38. The molecule has 5 heteroatoms. The van der Waals surface area contributed by atoms with Crippen LogP contribution in [-0.2, 0) is 9.53 Å².